The summed E-state index contributed by atoms with van der Waals surface area (Å²) in [4.78, 5) is 9.43. The molecule has 0 bridgehead atoms. The molecule has 1 fully saturated rings. The Balaban J connectivity index is 1.13. The fraction of sp³-hybridized carbons (Fsp3) is 0.400. The van der Waals surface area contributed by atoms with E-state index in [2.05, 4.69) is 39.0 Å². The number of para-hydroxylation sites is 2. The number of nitrogens with zero attached hydrogens (tertiary/aromatic N) is 3. The number of aryl methyl sites for hydroxylation is 1. The van der Waals surface area contributed by atoms with Crippen LogP contribution in [-0.4, -0.2) is 71.9 Å². The maximum Gasteiger partial charge on any atom is 0.119 e. The van der Waals surface area contributed by atoms with E-state index in [1.807, 2.05) is 42.6 Å². The number of aromatic nitrogens is 1. The van der Waals surface area contributed by atoms with Crippen LogP contribution < -0.4 is 4.74 Å². The van der Waals surface area contributed by atoms with Gasteiger partial charge in [0, 0.05) is 44.3 Å². The Hall–Kier alpha value is -2.47. The van der Waals surface area contributed by atoms with Gasteiger partial charge in [0.2, 0.25) is 0 Å². The van der Waals surface area contributed by atoms with Crippen LogP contribution in [0.1, 0.15) is 12.0 Å². The fourth-order valence-electron chi connectivity index (χ4n) is 4.02. The van der Waals surface area contributed by atoms with Gasteiger partial charge in [0.15, 0.2) is 0 Å². The zero-order chi connectivity index (χ0) is 20.6. The molecule has 5 heteroatoms. The number of hydrogen-bond acceptors (Lipinski definition) is 5. The van der Waals surface area contributed by atoms with Crippen molar-refractivity contribution in [1.82, 2.24) is 14.8 Å². The van der Waals surface area contributed by atoms with E-state index in [4.69, 9.17) is 4.74 Å². The molecular formula is C25H31N3O2. The topological polar surface area (TPSA) is 48.8 Å². The van der Waals surface area contributed by atoms with Crippen molar-refractivity contribution in [1.29, 1.82) is 0 Å². The molecule has 0 amide bonds. The molecule has 0 saturated carbocycles. The summed E-state index contributed by atoms with van der Waals surface area (Å²) in [5.74, 6) is 0.808. The Morgan fingerprint density at radius 2 is 1.67 bits per heavy atom. The number of β-amino-alcohol motifs (C(OH)–C–C–N with tert-alkyl or cyclic N) is 1. The van der Waals surface area contributed by atoms with Gasteiger partial charge in [0.05, 0.1) is 5.52 Å². The lowest BCUT2D eigenvalue weighted by molar-refractivity contribution is 0.0459. The normalized spacial score (nSPS) is 16.6. The number of benzene rings is 2. The maximum absolute atomic E-state index is 10.3. The van der Waals surface area contributed by atoms with Crippen molar-refractivity contribution < 1.29 is 9.84 Å². The number of aliphatic hydroxyl groups excluding tert-OH is 1. The van der Waals surface area contributed by atoms with Gasteiger partial charge in [-0.1, -0.05) is 36.4 Å². The first-order valence-corrected chi connectivity index (χ1v) is 10.9. The molecule has 30 heavy (non-hydrogen) atoms. The van der Waals surface area contributed by atoms with Crippen LogP contribution in [0.5, 0.6) is 5.75 Å². The summed E-state index contributed by atoms with van der Waals surface area (Å²) < 4.78 is 5.66. The number of fused-ring (bicyclic) bond motifs is 1. The summed E-state index contributed by atoms with van der Waals surface area (Å²) in [7, 11) is 0. The van der Waals surface area contributed by atoms with Crippen LogP contribution in [0.25, 0.3) is 10.9 Å². The third-order valence-corrected chi connectivity index (χ3v) is 5.71. The molecule has 5 nitrogen and oxygen atoms in total. The molecule has 2 heterocycles. The van der Waals surface area contributed by atoms with E-state index in [-0.39, 0.29) is 0 Å². The van der Waals surface area contributed by atoms with Crippen molar-refractivity contribution in [2.45, 2.75) is 18.9 Å². The van der Waals surface area contributed by atoms with Gasteiger partial charge in [-0.15, -0.1) is 0 Å². The van der Waals surface area contributed by atoms with Crippen molar-refractivity contribution in [3.63, 3.8) is 0 Å². The van der Waals surface area contributed by atoms with E-state index in [0.29, 0.717) is 13.2 Å². The molecule has 2 aromatic carbocycles. The van der Waals surface area contributed by atoms with Gasteiger partial charge in [-0.2, -0.15) is 0 Å². The molecule has 1 aromatic heterocycles. The van der Waals surface area contributed by atoms with Crippen LogP contribution in [0, 0.1) is 0 Å². The van der Waals surface area contributed by atoms with Crippen LogP contribution in [-0.2, 0) is 6.42 Å². The van der Waals surface area contributed by atoms with Gasteiger partial charge < -0.3 is 14.7 Å². The second-order valence-electron chi connectivity index (χ2n) is 8.06. The van der Waals surface area contributed by atoms with Gasteiger partial charge in [0.1, 0.15) is 18.5 Å². The van der Waals surface area contributed by atoms with Crippen molar-refractivity contribution in [3.8, 4) is 5.75 Å². The minimum absolute atomic E-state index is 0.337. The molecule has 1 unspecified atom stereocenters. The Morgan fingerprint density at radius 3 is 2.50 bits per heavy atom. The van der Waals surface area contributed by atoms with Crippen molar-refractivity contribution >= 4 is 10.9 Å². The highest BCUT2D eigenvalue weighted by atomic mass is 16.5. The lowest BCUT2D eigenvalue weighted by atomic mass is 10.1. The Morgan fingerprint density at radius 1 is 0.933 bits per heavy atom. The smallest absolute Gasteiger partial charge is 0.119 e. The third-order valence-electron chi connectivity index (χ3n) is 5.71. The van der Waals surface area contributed by atoms with Crippen LogP contribution in [0.3, 0.4) is 0 Å². The molecule has 158 valence electrons. The van der Waals surface area contributed by atoms with Gasteiger partial charge in [0.25, 0.3) is 0 Å². The predicted octanol–water partition coefficient (Wildman–Crippen LogP) is 3.22. The second kappa shape index (κ2) is 10.5. The first kappa shape index (κ1) is 20.8. The van der Waals surface area contributed by atoms with E-state index in [0.717, 1.165) is 56.8 Å². The molecule has 1 aliphatic heterocycles. The number of rotatable bonds is 9. The average molecular weight is 406 g/mol. The highest BCUT2D eigenvalue weighted by molar-refractivity contribution is 5.78. The largest absolute Gasteiger partial charge is 0.491 e. The summed E-state index contributed by atoms with van der Waals surface area (Å²) in [6, 6.07) is 20.2. The van der Waals surface area contributed by atoms with E-state index in [9.17, 15) is 5.11 Å². The first-order valence-electron chi connectivity index (χ1n) is 10.9. The number of ether oxygens (including phenoxy) is 1. The minimum Gasteiger partial charge on any atom is -0.491 e. The predicted molar refractivity (Wildman–Crippen MR) is 121 cm³/mol. The number of aliphatic hydroxyl groups is 1. The lowest BCUT2D eigenvalue weighted by Gasteiger charge is -2.35. The van der Waals surface area contributed by atoms with Crippen LogP contribution >= 0.6 is 0 Å². The maximum atomic E-state index is 10.3. The van der Waals surface area contributed by atoms with Crippen LogP contribution in [0.15, 0.2) is 66.9 Å². The molecule has 4 rings (SSSR count). The van der Waals surface area contributed by atoms with Crippen molar-refractivity contribution in [3.05, 3.63) is 72.4 Å². The molecule has 0 spiro atoms. The summed E-state index contributed by atoms with van der Waals surface area (Å²) >= 11 is 0. The van der Waals surface area contributed by atoms with E-state index in [1.165, 1.54) is 10.9 Å². The van der Waals surface area contributed by atoms with Gasteiger partial charge in [-0.3, -0.25) is 9.88 Å². The number of hydrogen-bond donors (Lipinski definition) is 1. The highest BCUT2D eigenvalue weighted by Gasteiger charge is 2.19. The summed E-state index contributed by atoms with van der Waals surface area (Å²) in [5.41, 5.74) is 2.38. The Kier molecular flexibility index (Phi) is 7.29. The molecule has 1 atom stereocenters. The van der Waals surface area contributed by atoms with Crippen molar-refractivity contribution in [2.75, 3.05) is 45.9 Å². The molecule has 3 aromatic rings. The Labute approximate surface area is 178 Å². The van der Waals surface area contributed by atoms with Gasteiger partial charge in [-0.05, 0) is 49.2 Å². The summed E-state index contributed by atoms with van der Waals surface area (Å²) in [6.07, 6.45) is 3.76. The number of pyridine rings is 1. The molecule has 1 aliphatic rings. The zero-order valence-electron chi connectivity index (χ0n) is 17.5. The second-order valence-corrected chi connectivity index (χ2v) is 8.06. The molecular weight excluding hydrogens is 374 g/mol. The fourth-order valence-corrected chi connectivity index (χ4v) is 4.02. The standard InChI is InChI=1S/C25H31N3O2/c29-23(20-30-24-9-2-1-3-10-24)19-28-15-13-27(14-16-28)12-6-7-21-17-22-8-4-5-11-25(22)26-18-21/h1-5,8-11,17-18,23,29H,6-7,12-16,19-20H2. The quantitative estimate of drug-likeness (QED) is 0.592. The monoisotopic (exact) mass is 405 g/mol. The summed E-state index contributed by atoms with van der Waals surface area (Å²) in [5, 5.41) is 11.5. The Bertz CT molecular complexity index is 910. The van der Waals surface area contributed by atoms with E-state index in [1.54, 1.807) is 0 Å². The molecule has 1 N–H and O–H groups in total. The van der Waals surface area contributed by atoms with Gasteiger partial charge >= 0.3 is 0 Å². The summed E-state index contributed by atoms with van der Waals surface area (Å²) in [6.45, 7) is 6.23. The molecule has 0 radical (unpaired) electrons. The van der Waals surface area contributed by atoms with Crippen LogP contribution in [0.4, 0.5) is 0 Å². The van der Waals surface area contributed by atoms with E-state index >= 15 is 0 Å². The van der Waals surface area contributed by atoms with Crippen LogP contribution in [0.2, 0.25) is 0 Å². The molecule has 0 aliphatic carbocycles. The van der Waals surface area contributed by atoms with Gasteiger partial charge in [-0.25, -0.2) is 0 Å². The average Bonchev–Trinajstić information content (AvgIpc) is 2.79. The SMILES string of the molecule is OC(COc1ccccc1)CN1CCN(CCCc2cnc3ccccc3c2)CC1. The zero-order valence-corrected chi connectivity index (χ0v) is 17.5. The number of piperazine rings is 1. The highest BCUT2D eigenvalue weighted by Crippen LogP contribution is 2.14. The molecule has 1 saturated heterocycles. The van der Waals surface area contributed by atoms with E-state index < -0.39 is 6.10 Å². The third kappa shape index (κ3) is 6.02. The minimum atomic E-state index is -0.461. The first-order chi connectivity index (χ1) is 14.8. The van der Waals surface area contributed by atoms with Crippen molar-refractivity contribution in [2.24, 2.45) is 0 Å². The lowest BCUT2D eigenvalue weighted by Crippen LogP contribution is -2.49.